The largest absolute Gasteiger partial charge is 0.416 e. The SMILES string of the molecule is CC(O)CC(C)NC(CN)c1ccc(F)cc1C(F)(F)F. The van der Waals surface area contributed by atoms with Crippen molar-refractivity contribution in [1.82, 2.24) is 5.32 Å². The molecule has 0 heterocycles. The first-order valence-electron chi connectivity index (χ1n) is 6.66. The third-order valence-corrected chi connectivity index (χ3v) is 3.11. The molecule has 3 nitrogen and oxygen atoms in total. The molecule has 1 aromatic rings. The van der Waals surface area contributed by atoms with E-state index in [0.717, 1.165) is 12.1 Å². The Kier molecular flexibility index (Phi) is 6.12. The highest BCUT2D eigenvalue weighted by Gasteiger charge is 2.35. The highest BCUT2D eigenvalue weighted by atomic mass is 19.4. The van der Waals surface area contributed by atoms with Gasteiger partial charge >= 0.3 is 6.18 Å². The molecule has 120 valence electrons. The molecule has 0 aliphatic carbocycles. The van der Waals surface area contributed by atoms with Crippen LogP contribution >= 0.6 is 0 Å². The normalized spacial score (nSPS) is 16.6. The average molecular weight is 308 g/mol. The minimum absolute atomic E-state index is 0.0706. The Morgan fingerprint density at radius 2 is 1.90 bits per heavy atom. The summed E-state index contributed by atoms with van der Waals surface area (Å²) in [6, 6.07) is 1.55. The number of aliphatic hydroxyl groups is 1. The fourth-order valence-electron chi connectivity index (χ4n) is 2.29. The number of hydrogen-bond donors (Lipinski definition) is 3. The standard InChI is InChI=1S/C14H20F4N2O/c1-8(5-9(2)21)20-13(7-19)11-4-3-10(15)6-12(11)14(16,17)18/h3-4,6,8-9,13,20-21H,5,7,19H2,1-2H3. The zero-order valence-corrected chi connectivity index (χ0v) is 11.9. The molecule has 1 rings (SSSR count). The number of rotatable bonds is 6. The van der Waals surface area contributed by atoms with Gasteiger partial charge in [-0.25, -0.2) is 4.39 Å². The molecule has 3 atom stereocenters. The Morgan fingerprint density at radius 1 is 1.29 bits per heavy atom. The van der Waals surface area contributed by atoms with E-state index < -0.39 is 29.7 Å². The van der Waals surface area contributed by atoms with Crippen molar-refractivity contribution in [2.75, 3.05) is 6.54 Å². The summed E-state index contributed by atoms with van der Waals surface area (Å²) < 4.78 is 52.1. The third-order valence-electron chi connectivity index (χ3n) is 3.11. The van der Waals surface area contributed by atoms with Gasteiger partial charge in [0.1, 0.15) is 5.82 Å². The minimum Gasteiger partial charge on any atom is -0.393 e. The molecule has 0 bridgehead atoms. The number of hydrogen-bond acceptors (Lipinski definition) is 3. The molecule has 0 fully saturated rings. The van der Waals surface area contributed by atoms with Gasteiger partial charge in [-0.05, 0) is 38.0 Å². The van der Waals surface area contributed by atoms with Crippen LogP contribution in [0.15, 0.2) is 18.2 Å². The zero-order valence-electron chi connectivity index (χ0n) is 11.9. The van der Waals surface area contributed by atoms with Crippen LogP contribution in [0.3, 0.4) is 0 Å². The fourth-order valence-corrected chi connectivity index (χ4v) is 2.29. The lowest BCUT2D eigenvalue weighted by Crippen LogP contribution is -2.37. The molecule has 0 radical (unpaired) electrons. The van der Waals surface area contributed by atoms with Crippen LogP contribution in [-0.4, -0.2) is 23.8 Å². The van der Waals surface area contributed by atoms with Crippen molar-refractivity contribution in [3.8, 4) is 0 Å². The first-order chi connectivity index (χ1) is 9.65. The second kappa shape index (κ2) is 7.20. The Balaban J connectivity index is 3.05. The minimum atomic E-state index is -4.65. The van der Waals surface area contributed by atoms with Gasteiger partial charge in [0, 0.05) is 18.6 Å². The van der Waals surface area contributed by atoms with Crippen LogP contribution < -0.4 is 11.1 Å². The lowest BCUT2D eigenvalue weighted by molar-refractivity contribution is -0.138. The van der Waals surface area contributed by atoms with Crippen LogP contribution in [0.4, 0.5) is 17.6 Å². The van der Waals surface area contributed by atoms with Crippen molar-refractivity contribution >= 4 is 0 Å². The summed E-state index contributed by atoms with van der Waals surface area (Å²) in [4.78, 5) is 0. The van der Waals surface area contributed by atoms with E-state index in [0.29, 0.717) is 12.5 Å². The second-order valence-electron chi connectivity index (χ2n) is 5.17. The first kappa shape index (κ1) is 17.9. The van der Waals surface area contributed by atoms with E-state index in [4.69, 9.17) is 5.73 Å². The fraction of sp³-hybridized carbons (Fsp3) is 0.571. The summed E-state index contributed by atoms with van der Waals surface area (Å²) in [6.45, 7) is 3.26. The molecule has 4 N–H and O–H groups in total. The van der Waals surface area contributed by atoms with Gasteiger partial charge in [0.05, 0.1) is 11.7 Å². The number of halogens is 4. The lowest BCUT2D eigenvalue weighted by Gasteiger charge is -2.26. The van der Waals surface area contributed by atoms with Crippen LogP contribution in [0.5, 0.6) is 0 Å². The summed E-state index contributed by atoms with van der Waals surface area (Å²) in [5.41, 5.74) is 4.42. The van der Waals surface area contributed by atoms with Gasteiger partial charge in [0.25, 0.3) is 0 Å². The number of nitrogens with one attached hydrogen (secondary N) is 1. The molecule has 0 aliphatic heterocycles. The maximum Gasteiger partial charge on any atom is 0.416 e. The zero-order chi connectivity index (χ0) is 16.2. The van der Waals surface area contributed by atoms with Crippen LogP contribution in [-0.2, 0) is 6.18 Å². The predicted molar refractivity (Wildman–Crippen MR) is 72.1 cm³/mol. The van der Waals surface area contributed by atoms with E-state index in [-0.39, 0.29) is 18.2 Å². The molecule has 0 aliphatic rings. The molecule has 3 unspecified atom stereocenters. The van der Waals surface area contributed by atoms with Gasteiger partial charge in [-0.2, -0.15) is 13.2 Å². The molecule has 0 spiro atoms. The topological polar surface area (TPSA) is 58.3 Å². The van der Waals surface area contributed by atoms with Crippen molar-refractivity contribution < 1.29 is 22.7 Å². The van der Waals surface area contributed by atoms with Gasteiger partial charge in [-0.1, -0.05) is 6.07 Å². The smallest absolute Gasteiger partial charge is 0.393 e. The van der Waals surface area contributed by atoms with Crippen LogP contribution in [0.1, 0.15) is 37.4 Å². The van der Waals surface area contributed by atoms with Crippen molar-refractivity contribution in [1.29, 1.82) is 0 Å². The Morgan fingerprint density at radius 3 is 2.38 bits per heavy atom. The molecule has 0 amide bonds. The van der Waals surface area contributed by atoms with Crippen molar-refractivity contribution in [3.05, 3.63) is 35.1 Å². The van der Waals surface area contributed by atoms with Gasteiger partial charge in [-0.15, -0.1) is 0 Å². The highest BCUT2D eigenvalue weighted by molar-refractivity contribution is 5.33. The summed E-state index contributed by atoms with van der Waals surface area (Å²) in [7, 11) is 0. The maximum absolute atomic E-state index is 13.1. The summed E-state index contributed by atoms with van der Waals surface area (Å²) in [5.74, 6) is -0.945. The summed E-state index contributed by atoms with van der Waals surface area (Å²) >= 11 is 0. The van der Waals surface area contributed by atoms with Crippen molar-refractivity contribution in [3.63, 3.8) is 0 Å². The third kappa shape index (κ3) is 5.26. The summed E-state index contributed by atoms with van der Waals surface area (Å²) in [6.07, 6.45) is -4.86. The van der Waals surface area contributed by atoms with Gasteiger partial charge < -0.3 is 16.2 Å². The molecule has 0 aromatic heterocycles. The van der Waals surface area contributed by atoms with Crippen LogP contribution in [0.25, 0.3) is 0 Å². The van der Waals surface area contributed by atoms with Gasteiger partial charge in [-0.3, -0.25) is 0 Å². The Hall–Kier alpha value is -1.18. The monoisotopic (exact) mass is 308 g/mol. The van der Waals surface area contributed by atoms with E-state index in [1.165, 1.54) is 0 Å². The van der Waals surface area contributed by atoms with E-state index in [2.05, 4.69) is 5.32 Å². The highest BCUT2D eigenvalue weighted by Crippen LogP contribution is 2.35. The molecule has 0 saturated heterocycles. The van der Waals surface area contributed by atoms with Gasteiger partial charge in [0.2, 0.25) is 0 Å². The average Bonchev–Trinajstić information content (AvgIpc) is 2.34. The predicted octanol–water partition coefficient (Wildman–Crippen LogP) is 2.59. The van der Waals surface area contributed by atoms with Gasteiger partial charge in [0.15, 0.2) is 0 Å². The number of alkyl halides is 3. The lowest BCUT2D eigenvalue weighted by atomic mass is 9.98. The number of nitrogens with two attached hydrogens (primary N) is 1. The molecule has 21 heavy (non-hydrogen) atoms. The molecule has 1 aromatic carbocycles. The number of aliphatic hydroxyl groups excluding tert-OH is 1. The summed E-state index contributed by atoms with van der Waals surface area (Å²) in [5, 5.41) is 12.2. The first-order valence-corrected chi connectivity index (χ1v) is 6.66. The molecular weight excluding hydrogens is 288 g/mol. The van der Waals surface area contributed by atoms with Crippen molar-refractivity contribution in [2.24, 2.45) is 5.73 Å². The molecule has 0 saturated carbocycles. The Bertz CT molecular complexity index is 463. The van der Waals surface area contributed by atoms with E-state index in [1.807, 2.05) is 0 Å². The van der Waals surface area contributed by atoms with Crippen molar-refractivity contribution in [2.45, 2.75) is 44.6 Å². The number of benzene rings is 1. The molecular formula is C14H20F4N2O. The Labute approximate surface area is 121 Å². The van der Waals surface area contributed by atoms with Crippen LogP contribution in [0.2, 0.25) is 0 Å². The second-order valence-corrected chi connectivity index (χ2v) is 5.17. The van der Waals surface area contributed by atoms with E-state index in [1.54, 1.807) is 13.8 Å². The molecule has 7 heteroatoms. The quantitative estimate of drug-likeness (QED) is 0.708. The van der Waals surface area contributed by atoms with Crippen LogP contribution in [0, 0.1) is 5.82 Å². The van der Waals surface area contributed by atoms with E-state index in [9.17, 15) is 22.7 Å². The van der Waals surface area contributed by atoms with E-state index >= 15 is 0 Å². The maximum atomic E-state index is 13.1.